The molecule has 0 heterocycles. The molecule has 0 bridgehead atoms. The highest BCUT2D eigenvalue weighted by Gasteiger charge is 2.32. The highest BCUT2D eigenvalue weighted by molar-refractivity contribution is 7.93. The van der Waals surface area contributed by atoms with Gasteiger partial charge in [-0.15, -0.1) is 0 Å². The van der Waals surface area contributed by atoms with Gasteiger partial charge in [0.25, 0.3) is 0 Å². The number of rotatable bonds is 6. The molecule has 0 saturated heterocycles. The lowest BCUT2D eigenvalue weighted by Crippen LogP contribution is -2.36. The van der Waals surface area contributed by atoms with E-state index in [9.17, 15) is 4.55 Å². The molecule has 19 heavy (non-hydrogen) atoms. The van der Waals surface area contributed by atoms with Crippen LogP contribution in [0.1, 0.15) is 68.2 Å². The van der Waals surface area contributed by atoms with E-state index in [0.29, 0.717) is 0 Å². The van der Waals surface area contributed by atoms with Gasteiger partial charge in [-0.2, -0.15) is 0 Å². The summed E-state index contributed by atoms with van der Waals surface area (Å²) in [5.74, 6) is 0. The first-order chi connectivity index (χ1) is 8.37. The van der Waals surface area contributed by atoms with Gasteiger partial charge in [0.2, 0.25) is 0 Å². The number of allylic oxidation sites excluding steroid dienone is 1. The molecule has 0 N–H and O–H groups in total. The van der Waals surface area contributed by atoms with Crippen LogP contribution in [0, 0.1) is 0 Å². The van der Waals surface area contributed by atoms with E-state index in [0.717, 1.165) is 24.1 Å². The monoisotopic (exact) mass is 285 g/mol. The molecular formula is C16H31NOS. The van der Waals surface area contributed by atoms with Gasteiger partial charge in [-0.25, -0.2) is 0 Å². The van der Waals surface area contributed by atoms with Crippen LogP contribution in [0.2, 0.25) is 0 Å². The average molecular weight is 285 g/mol. The van der Waals surface area contributed by atoms with Gasteiger partial charge in [0.15, 0.2) is 0 Å². The first kappa shape index (κ1) is 18.7. The standard InChI is InChI=1S/C16H31NOS/c1-12(2)14(4)17-16(8,9)11-10-13(3)19(18)15(5,6)7/h13H,1,10-11H2,2-9H3/b17-14-. The van der Waals surface area contributed by atoms with Crippen molar-refractivity contribution in [1.29, 1.82) is 0 Å². The Morgan fingerprint density at radius 1 is 1.21 bits per heavy atom. The van der Waals surface area contributed by atoms with E-state index >= 15 is 0 Å². The van der Waals surface area contributed by atoms with Crippen LogP contribution < -0.4 is 0 Å². The number of hydrogen-bond acceptors (Lipinski definition) is 2. The lowest BCUT2D eigenvalue weighted by molar-refractivity contribution is 0.452. The largest absolute Gasteiger partial charge is 0.616 e. The van der Waals surface area contributed by atoms with Gasteiger partial charge < -0.3 is 4.55 Å². The third kappa shape index (κ3) is 7.17. The van der Waals surface area contributed by atoms with Gasteiger partial charge in [-0.3, -0.25) is 4.99 Å². The van der Waals surface area contributed by atoms with Crippen molar-refractivity contribution in [2.75, 3.05) is 0 Å². The third-order valence-corrected chi connectivity index (χ3v) is 5.39. The molecule has 2 atom stereocenters. The Morgan fingerprint density at radius 3 is 2.05 bits per heavy atom. The van der Waals surface area contributed by atoms with Crippen molar-refractivity contribution in [2.45, 2.75) is 83.8 Å². The molecule has 0 amide bonds. The average Bonchev–Trinajstić information content (AvgIpc) is 2.22. The summed E-state index contributed by atoms with van der Waals surface area (Å²) in [6.07, 6.45) is 1.88. The van der Waals surface area contributed by atoms with Crippen LogP contribution in [0.3, 0.4) is 0 Å². The van der Waals surface area contributed by atoms with E-state index in [-0.39, 0.29) is 15.5 Å². The molecule has 2 nitrogen and oxygen atoms in total. The summed E-state index contributed by atoms with van der Waals surface area (Å²) in [4.78, 5) is 4.72. The van der Waals surface area contributed by atoms with Crippen molar-refractivity contribution < 1.29 is 4.55 Å². The first-order valence-corrected chi connectivity index (χ1v) is 8.21. The minimum Gasteiger partial charge on any atom is -0.616 e. The lowest BCUT2D eigenvalue weighted by Gasteiger charge is -2.31. The van der Waals surface area contributed by atoms with E-state index in [1.54, 1.807) is 0 Å². The first-order valence-electron chi connectivity index (χ1n) is 7.00. The summed E-state index contributed by atoms with van der Waals surface area (Å²) in [6.45, 7) is 20.3. The van der Waals surface area contributed by atoms with Crippen LogP contribution in [0.4, 0.5) is 0 Å². The summed E-state index contributed by atoms with van der Waals surface area (Å²) in [6, 6.07) is 0. The maximum Gasteiger partial charge on any atom is 0.117 e. The third-order valence-electron chi connectivity index (χ3n) is 3.22. The predicted octanol–water partition coefficient (Wildman–Crippen LogP) is 4.52. The predicted molar refractivity (Wildman–Crippen MR) is 88.6 cm³/mol. The molecule has 0 aromatic heterocycles. The topological polar surface area (TPSA) is 35.4 Å². The minimum absolute atomic E-state index is 0.112. The molecule has 0 aromatic rings. The van der Waals surface area contributed by atoms with Crippen molar-refractivity contribution in [3.8, 4) is 0 Å². The normalized spacial score (nSPS) is 17.2. The van der Waals surface area contributed by atoms with Crippen LogP contribution in [0.5, 0.6) is 0 Å². The molecule has 0 aliphatic carbocycles. The Labute approximate surface area is 123 Å². The molecule has 0 saturated carbocycles. The van der Waals surface area contributed by atoms with Gasteiger partial charge in [-0.1, -0.05) is 6.58 Å². The van der Waals surface area contributed by atoms with E-state index in [2.05, 4.69) is 27.4 Å². The highest BCUT2D eigenvalue weighted by Crippen LogP contribution is 2.27. The minimum atomic E-state index is -0.804. The van der Waals surface area contributed by atoms with E-state index in [4.69, 9.17) is 4.99 Å². The maximum atomic E-state index is 12.3. The van der Waals surface area contributed by atoms with E-state index in [1.165, 1.54) is 0 Å². The van der Waals surface area contributed by atoms with Crippen molar-refractivity contribution >= 4 is 16.9 Å². The van der Waals surface area contributed by atoms with Crippen LogP contribution in [0.15, 0.2) is 17.1 Å². The number of aliphatic imine (C=N–C) groups is 1. The summed E-state index contributed by atoms with van der Waals surface area (Å²) >= 11 is -0.804. The fourth-order valence-electron chi connectivity index (χ4n) is 1.87. The van der Waals surface area contributed by atoms with Crippen LogP contribution in [0.25, 0.3) is 0 Å². The van der Waals surface area contributed by atoms with Gasteiger partial charge >= 0.3 is 0 Å². The zero-order chi connectivity index (χ0) is 15.4. The molecule has 0 aliphatic heterocycles. The summed E-state index contributed by atoms with van der Waals surface area (Å²) in [5.41, 5.74) is 1.91. The van der Waals surface area contributed by atoms with Crippen LogP contribution in [-0.2, 0) is 11.2 Å². The zero-order valence-electron chi connectivity index (χ0n) is 14.0. The fourth-order valence-corrected chi connectivity index (χ4v) is 3.41. The molecule has 0 fully saturated rings. The Hall–Kier alpha value is -0.280. The van der Waals surface area contributed by atoms with E-state index < -0.39 is 11.2 Å². The van der Waals surface area contributed by atoms with Gasteiger partial charge in [0, 0.05) is 5.71 Å². The van der Waals surface area contributed by atoms with Crippen LogP contribution in [-0.4, -0.2) is 25.8 Å². The van der Waals surface area contributed by atoms with Crippen molar-refractivity contribution in [2.24, 2.45) is 4.99 Å². The number of hydrogen-bond donors (Lipinski definition) is 0. The number of nitrogens with zero attached hydrogens (tertiary/aromatic N) is 1. The Morgan fingerprint density at radius 2 is 1.68 bits per heavy atom. The Balaban J connectivity index is 4.55. The molecule has 112 valence electrons. The molecular weight excluding hydrogens is 254 g/mol. The second-order valence-electron chi connectivity index (χ2n) is 7.05. The van der Waals surface area contributed by atoms with Crippen LogP contribution >= 0.6 is 0 Å². The summed E-state index contributed by atoms with van der Waals surface area (Å²) in [7, 11) is 0. The second kappa shape index (κ2) is 6.94. The van der Waals surface area contributed by atoms with Gasteiger partial charge in [0.05, 0.1) is 5.54 Å². The summed E-state index contributed by atoms with van der Waals surface area (Å²) < 4.78 is 12.1. The molecule has 2 unspecified atom stereocenters. The lowest BCUT2D eigenvalue weighted by atomic mass is 9.97. The van der Waals surface area contributed by atoms with Crippen molar-refractivity contribution in [3.63, 3.8) is 0 Å². The van der Waals surface area contributed by atoms with Gasteiger partial charge in [-0.05, 0) is 85.0 Å². The summed E-state index contributed by atoms with van der Waals surface area (Å²) in [5, 5.41) is 0.208. The maximum absolute atomic E-state index is 12.3. The molecule has 0 radical (unpaired) electrons. The smallest absolute Gasteiger partial charge is 0.117 e. The van der Waals surface area contributed by atoms with Crippen molar-refractivity contribution in [1.82, 2.24) is 0 Å². The molecule has 0 rings (SSSR count). The molecule has 3 heteroatoms. The Bertz CT molecular complexity index is 339. The quantitative estimate of drug-likeness (QED) is 0.522. The Kier molecular flexibility index (Phi) is 6.84. The van der Waals surface area contributed by atoms with Crippen molar-refractivity contribution in [3.05, 3.63) is 12.2 Å². The zero-order valence-corrected chi connectivity index (χ0v) is 14.8. The van der Waals surface area contributed by atoms with E-state index in [1.807, 2.05) is 34.6 Å². The van der Waals surface area contributed by atoms with Gasteiger partial charge in [0.1, 0.15) is 10.00 Å². The molecule has 0 aliphatic rings. The highest BCUT2D eigenvalue weighted by atomic mass is 32.2. The SMILES string of the molecule is C=C(C)/C(C)=N\C(C)(C)CCC(C)[S+]([O-])C(C)(C)C. The molecule has 0 spiro atoms. The fraction of sp³-hybridized carbons (Fsp3) is 0.812. The molecule has 0 aromatic carbocycles. The second-order valence-corrected chi connectivity index (χ2v) is 9.67.